The molecule has 38 heavy (non-hydrogen) atoms. The minimum absolute atomic E-state index is 0. The van der Waals surface area contributed by atoms with Crippen LogP contribution in [-0.4, -0.2) is 98.5 Å². The van der Waals surface area contributed by atoms with E-state index >= 15 is 0 Å². The average Bonchev–Trinajstić information content (AvgIpc) is 2.91. The van der Waals surface area contributed by atoms with Crippen LogP contribution in [0.4, 0.5) is 11.5 Å². The Morgan fingerprint density at radius 2 is 1.74 bits per heavy atom. The summed E-state index contributed by atoms with van der Waals surface area (Å²) in [6.07, 6.45) is -2.67. The number of halogens is 2. The molecule has 0 amide bonds. The average molecular weight is 618 g/mol. The molecule has 0 spiro atoms. The second kappa shape index (κ2) is 14.8. The van der Waals surface area contributed by atoms with Gasteiger partial charge in [-0.05, 0) is 53.3 Å². The van der Waals surface area contributed by atoms with Crippen LogP contribution in [0.5, 0.6) is 11.5 Å². The van der Waals surface area contributed by atoms with Gasteiger partial charge < -0.3 is 40.7 Å². The first-order chi connectivity index (χ1) is 17.8. The molecule has 1 heterocycles. The van der Waals surface area contributed by atoms with Gasteiger partial charge in [0, 0.05) is 21.6 Å². The highest BCUT2D eigenvalue weighted by atomic mass is 79.9. The first kappa shape index (κ1) is 31.9. The second-order valence-corrected chi connectivity index (χ2v) is 9.55. The molecule has 0 aliphatic carbocycles. The van der Waals surface area contributed by atoms with Crippen molar-refractivity contribution < 1.29 is 35.4 Å². The van der Waals surface area contributed by atoms with Gasteiger partial charge in [0.15, 0.2) is 17.6 Å². The van der Waals surface area contributed by atoms with Crippen LogP contribution in [0.15, 0.2) is 41.1 Å². The number of hydrogen-bond donors (Lipinski definition) is 5. The second-order valence-electron chi connectivity index (χ2n) is 8.29. The Morgan fingerprint density at radius 1 is 1.03 bits per heavy atom. The Hall–Kier alpha value is -2.29. The van der Waals surface area contributed by atoms with E-state index in [0.717, 1.165) is 10.2 Å². The van der Waals surface area contributed by atoms with Gasteiger partial charge in [0.2, 0.25) is 0 Å². The van der Waals surface area contributed by atoms with Gasteiger partial charge in [0.1, 0.15) is 24.4 Å². The molecular formula is C25H34BrClN4O7. The summed E-state index contributed by atoms with van der Waals surface area (Å²) < 4.78 is 12.2. The minimum Gasteiger partial charge on any atom is -0.493 e. The van der Waals surface area contributed by atoms with Crippen LogP contribution in [0, 0.1) is 0 Å². The number of hydrogen-bond acceptors (Lipinski definition) is 10. The van der Waals surface area contributed by atoms with Crippen molar-refractivity contribution in [3.63, 3.8) is 0 Å². The monoisotopic (exact) mass is 616 g/mol. The lowest BCUT2D eigenvalue weighted by Gasteiger charge is -2.36. The predicted molar refractivity (Wildman–Crippen MR) is 149 cm³/mol. The van der Waals surface area contributed by atoms with E-state index in [2.05, 4.69) is 31.2 Å². The maximum Gasteiger partial charge on any atom is 0.164 e. The van der Waals surface area contributed by atoms with Crippen molar-refractivity contribution in [2.24, 2.45) is 0 Å². The Balaban J connectivity index is 0.00000507. The lowest BCUT2D eigenvalue weighted by atomic mass is 10.00. The van der Waals surface area contributed by atoms with Crippen LogP contribution in [0.3, 0.4) is 0 Å². The predicted octanol–water partition coefficient (Wildman–Crippen LogP) is 2.14. The van der Waals surface area contributed by atoms with Gasteiger partial charge in [-0.1, -0.05) is 25.4 Å². The number of anilines is 2. The number of aliphatic hydroxyl groups is 4. The van der Waals surface area contributed by atoms with E-state index in [4.69, 9.17) is 21.1 Å². The zero-order valence-electron chi connectivity index (χ0n) is 21.3. The summed E-state index contributed by atoms with van der Waals surface area (Å²) in [7, 11) is 1.46. The number of ether oxygens (including phenoxy) is 2. The summed E-state index contributed by atoms with van der Waals surface area (Å²) in [4.78, 5) is 10.5. The maximum atomic E-state index is 10.8. The van der Waals surface area contributed by atoms with E-state index < -0.39 is 31.0 Å². The van der Waals surface area contributed by atoms with Crippen LogP contribution >= 0.6 is 27.5 Å². The van der Waals surface area contributed by atoms with Gasteiger partial charge >= 0.3 is 0 Å². The quantitative estimate of drug-likeness (QED) is 0.191. The number of aliphatic hydroxyl groups excluding tert-OH is 4. The van der Waals surface area contributed by atoms with Crippen molar-refractivity contribution in [1.29, 1.82) is 0 Å². The highest BCUT2D eigenvalue weighted by Crippen LogP contribution is 2.36. The van der Waals surface area contributed by atoms with Gasteiger partial charge in [-0.15, -0.1) is 0 Å². The van der Waals surface area contributed by atoms with Crippen molar-refractivity contribution >= 4 is 49.9 Å². The summed E-state index contributed by atoms with van der Waals surface area (Å²) in [6.45, 7) is 3.96. The molecule has 1 aromatic heterocycles. The lowest BCUT2D eigenvalue weighted by molar-refractivity contribution is -0.102. The highest BCUT2D eigenvalue weighted by molar-refractivity contribution is 9.10. The summed E-state index contributed by atoms with van der Waals surface area (Å²) >= 11 is 9.58. The van der Waals surface area contributed by atoms with Gasteiger partial charge in [0.25, 0.3) is 0 Å². The first-order valence-electron chi connectivity index (χ1n) is 11.8. The molecule has 0 fully saturated rings. The van der Waals surface area contributed by atoms with Crippen LogP contribution in [0.2, 0.25) is 5.02 Å². The number of likely N-dealkylation sites (N-methyl/N-ethyl adjacent to an activating group) is 1. The fourth-order valence-electron chi connectivity index (χ4n) is 4.08. The molecule has 0 unspecified atom stereocenters. The number of aromatic nitrogens is 2. The summed E-state index contributed by atoms with van der Waals surface area (Å²) in [5.41, 5.74) is 1.23. The van der Waals surface area contributed by atoms with Crippen LogP contribution < -0.4 is 14.8 Å². The van der Waals surface area contributed by atoms with Gasteiger partial charge in [-0.25, -0.2) is 9.97 Å². The number of nitrogens with one attached hydrogen (secondary N) is 1. The number of nitrogens with zero attached hydrogens (tertiary/aromatic N) is 3. The van der Waals surface area contributed by atoms with Gasteiger partial charge in [0.05, 0.1) is 36.9 Å². The van der Waals surface area contributed by atoms with E-state index in [9.17, 15) is 20.4 Å². The van der Waals surface area contributed by atoms with Crippen molar-refractivity contribution in [1.82, 2.24) is 14.9 Å². The molecule has 0 saturated carbocycles. The van der Waals surface area contributed by atoms with E-state index in [-0.39, 0.29) is 17.8 Å². The van der Waals surface area contributed by atoms with E-state index in [1.807, 2.05) is 30.9 Å². The summed E-state index contributed by atoms with van der Waals surface area (Å²) in [5.74, 6) is 1.02. The highest BCUT2D eigenvalue weighted by Gasteiger charge is 2.35. The lowest BCUT2D eigenvalue weighted by Crippen LogP contribution is -2.55. The fraction of sp³-hybridized carbons (Fsp3) is 0.440. The molecule has 0 radical (unpaired) electrons. The minimum atomic E-state index is -1.49. The Morgan fingerprint density at radius 3 is 2.32 bits per heavy atom. The fourth-order valence-corrected chi connectivity index (χ4v) is 4.51. The van der Waals surface area contributed by atoms with Gasteiger partial charge in [-0.3, -0.25) is 4.90 Å². The topological polar surface area (TPSA) is 172 Å². The van der Waals surface area contributed by atoms with Crippen molar-refractivity contribution in [2.45, 2.75) is 38.2 Å². The molecule has 0 saturated heterocycles. The van der Waals surface area contributed by atoms with E-state index in [1.165, 1.54) is 13.4 Å². The molecule has 7 N–H and O–H groups in total. The molecule has 4 atom stereocenters. The molecule has 2 aromatic carbocycles. The molecule has 210 valence electrons. The summed E-state index contributed by atoms with van der Waals surface area (Å²) in [6, 6.07) is 7.97. The molecule has 0 aliphatic heterocycles. The van der Waals surface area contributed by atoms with Crippen LogP contribution in [0.1, 0.15) is 13.8 Å². The standard InChI is InChI=1S/C25H32BrClN4O6.H2O/c1-4-31(5-2)19(11-32)23(34)24(35)22(12-33)37-21-10-18-15(9-20(21)36-3)25(29-13-28-18)30-14-6-7-16(26)17(27)8-14;/h6-10,13,19,22-24,32-35H,4-5,11-12H2,1-3H3,(H,28,29,30);1H2/t19-,22-,23+,24+;/m1./s1. The van der Waals surface area contributed by atoms with Crippen LogP contribution in [0.25, 0.3) is 10.9 Å². The number of rotatable bonds is 13. The Labute approximate surface area is 234 Å². The largest absolute Gasteiger partial charge is 0.493 e. The smallest absolute Gasteiger partial charge is 0.164 e. The molecule has 0 aliphatic rings. The number of benzene rings is 2. The number of methoxy groups -OCH3 is 1. The molecule has 3 aromatic rings. The zero-order valence-corrected chi connectivity index (χ0v) is 23.6. The summed E-state index contributed by atoms with van der Waals surface area (Å²) in [5, 5.41) is 45.8. The Bertz CT molecular complexity index is 1190. The third-order valence-electron chi connectivity index (χ3n) is 6.15. The third-order valence-corrected chi connectivity index (χ3v) is 7.39. The van der Waals surface area contributed by atoms with Crippen molar-refractivity contribution in [3.8, 4) is 11.5 Å². The molecule has 0 bridgehead atoms. The third kappa shape index (κ3) is 7.21. The number of fused-ring (bicyclic) bond motifs is 1. The van der Waals surface area contributed by atoms with Crippen LogP contribution in [-0.2, 0) is 0 Å². The molecular weight excluding hydrogens is 584 g/mol. The van der Waals surface area contributed by atoms with Gasteiger partial charge in [-0.2, -0.15) is 0 Å². The van der Waals surface area contributed by atoms with E-state index in [1.54, 1.807) is 18.2 Å². The van der Waals surface area contributed by atoms with Crippen molar-refractivity contribution in [3.05, 3.63) is 46.2 Å². The SMILES string of the molecule is CCN(CC)[C@H](CO)[C@H](O)[C@@H](O)[C@@H](CO)Oc1cc2ncnc(Nc3ccc(Br)c(Cl)c3)c2cc1OC.O. The molecule has 11 nitrogen and oxygen atoms in total. The first-order valence-corrected chi connectivity index (χ1v) is 13.0. The normalized spacial score (nSPS) is 14.5. The maximum absolute atomic E-state index is 10.8. The Kier molecular flexibility index (Phi) is 12.4. The molecule has 3 rings (SSSR count). The molecule has 13 heteroatoms. The van der Waals surface area contributed by atoms with E-state index in [0.29, 0.717) is 40.6 Å². The van der Waals surface area contributed by atoms with Crippen molar-refractivity contribution in [2.75, 3.05) is 38.7 Å². The zero-order chi connectivity index (χ0) is 27.1.